The Morgan fingerprint density at radius 1 is 1.20 bits per heavy atom. The van der Waals surface area contributed by atoms with Gasteiger partial charge in [-0.15, -0.1) is 0 Å². The highest BCUT2D eigenvalue weighted by atomic mass is 16.7. The van der Waals surface area contributed by atoms with E-state index in [1.54, 1.807) is 25.1 Å². The lowest BCUT2D eigenvalue weighted by molar-refractivity contribution is -0.123. The highest BCUT2D eigenvalue weighted by Crippen LogP contribution is 2.32. The lowest BCUT2D eigenvalue weighted by Crippen LogP contribution is -2.06. The average Bonchev–Trinajstić information content (AvgIpc) is 2.92. The highest BCUT2D eigenvalue weighted by Gasteiger charge is 2.31. The van der Waals surface area contributed by atoms with Gasteiger partial charge in [-0.25, -0.2) is 9.59 Å². The summed E-state index contributed by atoms with van der Waals surface area (Å²) >= 11 is 0. The van der Waals surface area contributed by atoms with E-state index in [1.807, 2.05) is 18.2 Å². The van der Waals surface area contributed by atoms with Crippen LogP contribution in [0.5, 0.6) is 0 Å². The Bertz CT molecular complexity index is 855. The second-order valence-electron chi connectivity index (χ2n) is 5.72. The molecule has 0 aliphatic carbocycles. The van der Waals surface area contributed by atoms with Crippen LogP contribution in [0, 0.1) is 6.92 Å². The van der Waals surface area contributed by atoms with Crippen LogP contribution in [-0.4, -0.2) is 25.5 Å². The van der Waals surface area contributed by atoms with Gasteiger partial charge in [-0.3, -0.25) is 4.79 Å². The van der Waals surface area contributed by atoms with Gasteiger partial charge in [0.15, 0.2) is 0 Å². The fraction of sp³-hybridized carbons (Fsp3) is 0.211. The first kappa shape index (κ1) is 16.9. The van der Waals surface area contributed by atoms with Gasteiger partial charge in [0.05, 0.1) is 11.1 Å². The first-order valence-corrected chi connectivity index (χ1v) is 7.64. The summed E-state index contributed by atoms with van der Waals surface area (Å²) in [6.07, 6.45) is -0.155. The topological polar surface area (TPSA) is 78.9 Å². The molecule has 6 heteroatoms. The minimum Gasteiger partial charge on any atom is -0.428 e. The quantitative estimate of drug-likeness (QED) is 0.473. The van der Waals surface area contributed by atoms with Gasteiger partial charge in [0.25, 0.3) is 0 Å². The van der Waals surface area contributed by atoms with E-state index < -0.39 is 18.2 Å². The van der Waals surface area contributed by atoms with Crippen LogP contribution in [0.2, 0.25) is 0 Å². The summed E-state index contributed by atoms with van der Waals surface area (Å²) in [6, 6.07) is 10.8. The molecule has 25 heavy (non-hydrogen) atoms. The van der Waals surface area contributed by atoms with Crippen molar-refractivity contribution in [1.29, 1.82) is 0 Å². The van der Waals surface area contributed by atoms with Crippen LogP contribution in [0.4, 0.5) is 0 Å². The second-order valence-corrected chi connectivity index (χ2v) is 5.72. The van der Waals surface area contributed by atoms with Crippen molar-refractivity contribution in [3.05, 3.63) is 69.8 Å². The van der Waals surface area contributed by atoms with E-state index in [0.717, 1.165) is 16.7 Å². The maximum absolute atomic E-state index is 11.8. The number of cyclic esters (lactones) is 1. The van der Waals surface area contributed by atoms with Gasteiger partial charge < -0.3 is 14.2 Å². The number of carbonyl (C=O) groups excluding carboxylic acids is 3. The van der Waals surface area contributed by atoms with Gasteiger partial charge in [0.1, 0.15) is 0 Å². The minimum absolute atomic E-state index is 0.122. The molecule has 0 spiro atoms. The number of methoxy groups -OCH3 is 1. The third kappa shape index (κ3) is 3.29. The summed E-state index contributed by atoms with van der Waals surface area (Å²) in [4.78, 5) is 33.9. The molecule has 2 aromatic carbocycles. The van der Waals surface area contributed by atoms with Gasteiger partial charge in [-0.2, -0.15) is 0 Å². The van der Waals surface area contributed by atoms with Crippen molar-refractivity contribution in [3.63, 3.8) is 0 Å². The van der Waals surface area contributed by atoms with Gasteiger partial charge in [-0.1, -0.05) is 18.2 Å². The first-order chi connectivity index (χ1) is 12.0. The molecular weight excluding hydrogens is 324 g/mol. The largest absolute Gasteiger partial charge is 0.428 e. The molecule has 0 saturated heterocycles. The van der Waals surface area contributed by atoms with Gasteiger partial charge >= 0.3 is 18.4 Å². The smallest absolute Gasteiger partial charge is 0.345 e. The summed E-state index contributed by atoms with van der Waals surface area (Å²) in [6.45, 7) is 1.89. The highest BCUT2D eigenvalue weighted by molar-refractivity contribution is 5.95. The molecule has 0 radical (unpaired) electrons. The molecule has 0 N–H and O–H groups in total. The Hall–Kier alpha value is -2.99. The molecule has 0 saturated carbocycles. The zero-order valence-corrected chi connectivity index (χ0v) is 13.8. The third-order valence-corrected chi connectivity index (χ3v) is 4.10. The standard InChI is InChI=1S/C19H16O6/c1-11-3-4-12(8-15(11)17(21)24-10-20)7-13-5-6-14-16(9-13)19(23-2)25-18(14)22/h3-6,8-10,19H,7H2,1-2H3. The van der Waals surface area contributed by atoms with E-state index in [2.05, 4.69) is 4.74 Å². The molecule has 1 aliphatic rings. The van der Waals surface area contributed by atoms with E-state index in [4.69, 9.17) is 9.47 Å². The number of hydrogen-bond acceptors (Lipinski definition) is 6. The zero-order chi connectivity index (χ0) is 18.0. The Labute approximate surface area is 144 Å². The predicted octanol–water partition coefficient (Wildman–Crippen LogP) is 2.71. The van der Waals surface area contributed by atoms with Crippen molar-refractivity contribution in [1.82, 2.24) is 0 Å². The zero-order valence-electron chi connectivity index (χ0n) is 13.8. The monoisotopic (exact) mass is 340 g/mol. The summed E-state index contributed by atoms with van der Waals surface area (Å²) in [5, 5.41) is 0. The van der Waals surface area contributed by atoms with Crippen LogP contribution in [0.15, 0.2) is 36.4 Å². The van der Waals surface area contributed by atoms with Crippen molar-refractivity contribution in [2.75, 3.05) is 7.11 Å². The van der Waals surface area contributed by atoms with Crippen LogP contribution < -0.4 is 0 Å². The molecule has 1 unspecified atom stereocenters. The van der Waals surface area contributed by atoms with E-state index in [1.165, 1.54) is 7.11 Å². The molecular formula is C19H16O6. The normalized spacial score (nSPS) is 15.4. The fourth-order valence-electron chi connectivity index (χ4n) is 2.84. The maximum atomic E-state index is 11.8. The predicted molar refractivity (Wildman–Crippen MR) is 87.1 cm³/mol. The number of benzene rings is 2. The fourth-order valence-corrected chi connectivity index (χ4v) is 2.84. The van der Waals surface area contributed by atoms with Gasteiger partial charge in [-0.05, 0) is 48.2 Å². The van der Waals surface area contributed by atoms with E-state index in [0.29, 0.717) is 23.1 Å². The lowest BCUT2D eigenvalue weighted by atomic mass is 9.97. The molecule has 6 nitrogen and oxygen atoms in total. The summed E-state index contributed by atoms with van der Waals surface area (Å²) in [5.74, 6) is -1.08. The van der Waals surface area contributed by atoms with E-state index in [-0.39, 0.29) is 6.47 Å². The molecule has 0 fully saturated rings. The number of fused-ring (bicyclic) bond motifs is 1. The lowest BCUT2D eigenvalue weighted by Gasteiger charge is -2.10. The van der Waals surface area contributed by atoms with Crippen LogP contribution in [0.1, 0.15) is 49.3 Å². The van der Waals surface area contributed by atoms with Gasteiger partial charge in [0, 0.05) is 12.7 Å². The minimum atomic E-state index is -0.696. The summed E-state index contributed by atoms with van der Waals surface area (Å²) in [5.41, 5.74) is 4.08. The number of esters is 2. The van der Waals surface area contributed by atoms with Crippen LogP contribution in [0.3, 0.4) is 0 Å². The molecule has 128 valence electrons. The van der Waals surface area contributed by atoms with E-state index in [9.17, 15) is 14.4 Å². The second kappa shape index (κ2) is 6.86. The molecule has 1 aliphatic heterocycles. The summed E-state index contributed by atoms with van der Waals surface area (Å²) in [7, 11) is 1.48. The Morgan fingerprint density at radius 3 is 2.64 bits per heavy atom. The van der Waals surface area contributed by atoms with Gasteiger partial charge in [0.2, 0.25) is 6.29 Å². The SMILES string of the molecule is COC1OC(=O)c2ccc(Cc3ccc(C)c(C(=O)OC=O)c3)cc21. The number of ether oxygens (including phenoxy) is 3. The molecule has 3 rings (SSSR count). The number of hydrogen-bond donors (Lipinski definition) is 0. The molecule has 0 aromatic heterocycles. The maximum Gasteiger partial charge on any atom is 0.345 e. The number of rotatable bonds is 5. The van der Waals surface area contributed by atoms with Crippen molar-refractivity contribution in [3.8, 4) is 0 Å². The average molecular weight is 340 g/mol. The van der Waals surface area contributed by atoms with Crippen LogP contribution in [-0.2, 0) is 25.4 Å². The molecule has 1 heterocycles. The molecule has 0 bridgehead atoms. The van der Waals surface area contributed by atoms with Crippen molar-refractivity contribution < 1.29 is 28.6 Å². The number of aryl methyl sites for hydroxylation is 1. The first-order valence-electron chi connectivity index (χ1n) is 7.64. The van der Waals surface area contributed by atoms with Crippen LogP contribution >= 0.6 is 0 Å². The van der Waals surface area contributed by atoms with E-state index >= 15 is 0 Å². The molecule has 0 amide bonds. The van der Waals surface area contributed by atoms with Crippen molar-refractivity contribution in [2.24, 2.45) is 0 Å². The van der Waals surface area contributed by atoms with Crippen LogP contribution in [0.25, 0.3) is 0 Å². The summed E-state index contributed by atoms with van der Waals surface area (Å²) < 4.78 is 14.7. The Kier molecular flexibility index (Phi) is 4.63. The number of carbonyl (C=O) groups is 3. The van der Waals surface area contributed by atoms with Crippen molar-refractivity contribution >= 4 is 18.4 Å². The third-order valence-electron chi connectivity index (χ3n) is 4.10. The molecule has 2 aromatic rings. The molecule has 1 atom stereocenters. The van der Waals surface area contributed by atoms with Crippen molar-refractivity contribution in [2.45, 2.75) is 19.6 Å². The Balaban J connectivity index is 1.88. The Morgan fingerprint density at radius 2 is 1.92 bits per heavy atom.